The van der Waals surface area contributed by atoms with Gasteiger partial charge in [-0.15, -0.1) is 0 Å². The van der Waals surface area contributed by atoms with Crippen LogP contribution in [0.4, 0.5) is 0 Å². The summed E-state index contributed by atoms with van der Waals surface area (Å²) in [5.41, 5.74) is 0. The van der Waals surface area contributed by atoms with Crippen LogP contribution in [0.5, 0.6) is 0 Å². The number of aliphatic carboxylic acids is 1. The monoisotopic (exact) mass is 422 g/mol. The Hall–Kier alpha value is -1.89. The lowest BCUT2D eigenvalue weighted by molar-refractivity contribution is -0.137. The van der Waals surface area contributed by atoms with E-state index in [1.807, 2.05) is 0 Å². The Balaban J connectivity index is 1.66. The van der Waals surface area contributed by atoms with Gasteiger partial charge >= 0.3 is 5.97 Å². The van der Waals surface area contributed by atoms with E-state index in [0.29, 0.717) is 31.2 Å². The molecular weight excluding hydrogens is 384 g/mol. The van der Waals surface area contributed by atoms with Crippen LogP contribution in [-0.4, -0.2) is 48.2 Å². The summed E-state index contributed by atoms with van der Waals surface area (Å²) in [6, 6.07) is 0. The average Bonchev–Trinajstić information content (AvgIpc) is 3.32. The van der Waals surface area contributed by atoms with Gasteiger partial charge in [-0.05, 0) is 44.4 Å². The fourth-order valence-electron chi connectivity index (χ4n) is 4.50. The molecule has 2 heterocycles. The van der Waals surface area contributed by atoms with Gasteiger partial charge < -0.3 is 20.5 Å². The number of carboxylic acid groups (broad SMARTS) is 1. The molecule has 4 unspecified atom stereocenters. The largest absolute Gasteiger partial charge is 0.481 e. The Kier molecular flexibility index (Phi) is 10.9. The summed E-state index contributed by atoms with van der Waals surface area (Å²) >= 11 is 0. The first-order valence-corrected chi connectivity index (χ1v) is 11.6. The van der Waals surface area contributed by atoms with E-state index in [9.17, 15) is 14.4 Å². The predicted molar refractivity (Wildman–Crippen MR) is 115 cm³/mol. The van der Waals surface area contributed by atoms with Crippen molar-refractivity contribution in [2.45, 2.75) is 89.8 Å². The number of ether oxygens (including phenoxy) is 1. The Labute approximate surface area is 180 Å². The highest BCUT2D eigenvalue weighted by Gasteiger charge is 2.47. The molecule has 3 N–H and O–H groups in total. The SMILES string of the molecule is CCCCCCC(=O)NCC(=O)NCC1C2CCC(O2)C1C/C=C\CCCC(=O)O. The van der Waals surface area contributed by atoms with Crippen molar-refractivity contribution in [3.8, 4) is 0 Å². The molecule has 0 aromatic rings. The Morgan fingerprint density at radius 2 is 1.70 bits per heavy atom. The van der Waals surface area contributed by atoms with Crippen molar-refractivity contribution in [2.24, 2.45) is 11.8 Å². The summed E-state index contributed by atoms with van der Waals surface area (Å²) < 4.78 is 6.07. The number of amides is 2. The van der Waals surface area contributed by atoms with E-state index in [4.69, 9.17) is 9.84 Å². The second-order valence-corrected chi connectivity index (χ2v) is 8.50. The molecule has 0 aromatic heterocycles. The van der Waals surface area contributed by atoms with Crippen molar-refractivity contribution >= 4 is 17.8 Å². The maximum atomic E-state index is 12.2. The normalized spacial score (nSPS) is 25.0. The molecule has 2 bridgehead atoms. The van der Waals surface area contributed by atoms with E-state index in [1.54, 1.807) is 0 Å². The zero-order valence-electron chi connectivity index (χ0n) is 18.2. The number of unbranched alkanes of at least 4 members (excludes halogenated alkanes) is 4. The summed E-state index contributed by atoms with van der Waals surface area (Å²) in [6.45, 7) is 2.74. The molecule has 0 spiro atoms. The molecule has 2 fully saturated rings. The van der Waals surface area contributed by atoms with E-state index < -0.39 is 5.97 Å². The number of nitrogens with one attached hydrogen (secondary N) is 2. The van der Waals surface area contributed by atoms with E-state index in [0.717, 1.165) is 51.4 Å². The molecule has 0 aromatic carbocycles. The van der Waals surface area contributed by atoms with Crippen LogP contribution in [0.1, 0.15) is 77.6 Å². The van der Waals surface area contributed by atoms with E-state index in [-0.39, 0.29) is 37.0 Å². The fourth-order valence-corrected chi connectivity index (χ4v) is 4.50. The molecule has 2 aliphatic heterocycles. The number of fused-ring (bicyclic) bond motifs is 2. The quantitative estimate of drug-likeness (QED) is 0.278. The topological polar surface area (TPSA) is 105 Å². The van der Waals surface area contributed by atoms with Gasteiger partial charge in [-0.2, -0.15) is 0 Å². The van der Waals surface area contributed by atoms with Crippen LogP contribution in [0.15, 0.2) is 12.2 Å². The molecule has 30 heavy (non-hydrogen) atoms. The fraction of sp³-hybridized carbons (Fsp3) is 0.783. The van der Waals surface area contributed by atoms with Gasteiger partial charge in [-0.3, -0.25) is 14.4 Å². The summed E-state index contributed by atoms with van der Waals surface area (Å²) in [4.78, 5) is 34.5. The van der Waals surface area contributed by atoms with Gasteiger partial charge in [0.05, 0.1) is 18.8 Å². The molecule has 2 amide bonds. The number of hydrogen-bond donors (Lipinski definition) is 3. The maximum Gasteiger partial charge on any atom is 0.303 e. The highest BCUT2D eigenvalue weighted by molar-refractivity contribution is 5.84. The zero-order chi connectivity index (χ0) is 21.8. The number of allylic oxidation sites excluding steroid dienone is 2. The molecule has 2 rings (SSSR count). The summed E-state index contributed by atoms with van der Waals surface area (Å²) in [7, 11) is 0. The van der Waals surface area contributed by atoms with Crippen molar-refractivity contribution in [2.75, 3.05) is 13.1 Å². The highest BCUT2D eigenvalue weighted by atomic mass is 16.5. The Bertz CT molecular complexity index is 592. The smallest absolute Gasteiger partial charge is 0.303 e. The Morgan fingerprint density at radius 1 is 0.933 bits per heavy atom. The third-order valence-electron chi connectivity index (χ3n) is 6.17. The molecule has 4 atom stereocenters. The van der Waals surface area contributed by atoms with E-state index in [2.05, 4.69) is 29.7 Å². The molecule has 0 aliphatic carbocycles. The molecule has 170 valence electrons. The zero-order valence-corrected chi connectivity index (χ0v) is 18.2. The van der Waals surface area contributed by atoms with Crippen LogP contribution in [0.25, 0.3) is 0 Å². The van der Waals surface area contributed by atoms with Crippen molar-refractivity contribution in [1.29, 1.82) is 0 Å². The van der Waals surface area contributed by atoms with Gasteiger partial charge in [0.15, 0.2) is 0 Å². The van der Waals surface area contributed by atoms with Crippen LogP contribution in [0.2, 0.25) is 0 Å². The number of rotatable bonds is 15. The van der Waals surface area contributed by atoms with Crippen molar-refractivity contribution in [3.63, 3.8) is 0 Å². The van der Waals surface area contributed by atoms with Crippen LogP contribution in [-0.2, 0) is 19.1 Å². The van der Waals surface area contributed by atoms with Gasteiger partial charge in [0.25, 0.3) is 0 Å². The average molecular weight is 423 g/mol. The third kappa shape index (κ3) is 8.46. The second-order valence-electron chi connectivity index (χ2n) is 8.50. The van der Waals surface area contributed by atoms with Crippen molar-refractivity contribution in [1.82, 2.24) is 10.6 Å². The number of carboxylic acids is 1. The number of hydrogen-bond acceptors (Lipinski definition) is 4. The number of carbonyl (C=O) groups is 3. The maximum absolute atomic E-state index is 12.2. The lowest BCUT2D eigenvalue weighted by Crippen LogP contribution is -2.42. The minimum absolute atomic E-state index is 0.0302. The third-order valence-corrected chi connectivity index (χ3v) is 6.17. The molecule has 0 radical (unpaired) electrons. The van der Waals surface area contributed by atoms with Crippen molar-refractivity contribution < 1.29 is 24.2 Å². The van der Waals surface area contributed by atoms with Gasteiger partial charge in [-0.25, -0.2) is 0 Å². The van der Waals surface area contributed by atoms with E-state index >= 15 is 0 Å². The first-order chi connectivity index (χ1) is 14.5. The summed E-state index contributed by atoms with van der Waals surface area (Å²) in [5, 5.41) is 14.4. The molecule has 7 nitrogen and oxygen atoms in total. The van der Waals surface area contributed by atoms with Crippen LogP contribution >= 0.6 is 0 Å². The number of carbonyl (C=O) groups excluding carboxylic acids is 2. The van der Waals surface area contributed by atoms with Gasteiger partial charge in [0, 0.05) is 25.3 Å². The summed E-state index contributed by atoms with van der Waals surface area (Å²) in [6.07, 6.45) is 13.9. The Morgan fingerprint density at radius 3 is 2.43 bits per heavy atom. The summed E-state index contributed by atoms with van der Waals surface area (Å²) in [5.74, 6) is -0.291. The van der Waals surface area contributed by atoms with Crippen LogP contribution in [0, 0.1) is 11.8 Å². The molecule has 2 aliphatic rings. The van der Waals surface area contributed by atoms with Gasteiger partial charge in [0.1, 0.15) is 0 Å². The van der Waals surface area contributed by atoms with Crippen LogP contribution in [0.3, 0.4) is 0 Å². The first kappa shape index (κ1) is 24.4. The van der Waals surface area contributed by atoms with Gasteiger partial charge in [0.2, 0.25) is 11.8 Å². The first-order valence-electron chi connectivity index (χ1n) is 11.6. The van der Waals surface area contributed by atoms with E-state index in [1.165, 1.54) is 0 Å². The standard InChI is InChI=1S/C23H38N2O5/c1-2-3-4-8-11-21(26)25-16-22(27)24-15-18-17(19-13-14-20(18)30-19)10-7-5-6-9-12-23(28)29/h5,7,17-20H,2-4,6,8-16H2,1H3,(H,24,27)(H,25,26)(H,28,29)/b7-5-. The highest BCUT2D eigenvalue weighted by Crippen LogP contribution is 2.44. The lowest BCUT2D eigenvalue weighted by atomic mass is 9.77. The second kappa shape index (κ2) is 13.4. The molecule has 2 saturated heterocycles. The van der Waals surface area contributed by atoms with Crippen molar-refractivity contribution in [3.05, 3.63) is 12.2 Å². The van der Waals surface area contributed by atoms with Crippen LogP contribution < -0.4 is 10.6 Å². The molecular formula is C23H38N2O5. The molecule has 7 heteroatoms. The minimum Gasteiger partial charge on any atom is -0.481 e. The lowest BCUT2D eigenvalue weighted by Gasteiger charge is -2.27. The predicted octanol–water partition coefficient (Wildman–Crippen LogP) is 3.18. The minimum atomic E-state index is -0.756. The van der Waals surface area contributed by atoms with Gasteiger partial charge in [-0.1, -0.05) is 38.3 Å². The molecule has 0 saturated carbocycles.